The topological polar surface area (TPSA) is 81.2 Å². The lowest BCUT2D eigenvalue weighted by Gasteiger charge is -2.31. The second kappa shape index (κ2) is 6.19. The summed E-state index contributed by atoms with van der Waals surface area (Å²) in [7, 11) is -3.58. The Labute approximate surface area is 122 Å². The second-order valence-corrected chi connectivity index (χ2v) is 7.37. The van der Waals surface area contributed by atoms with Gasteiger partial charge in [-0.25, -0.2) is 9.37 Å². The number of hydrogen-bond acceptors (Lipinski definition) is 6. The molecule has 0 aliphatic rings. The van der Waals surface area contributed by atoms with E-state index in [2.05, 4.69) is 15.3 Å². The Bertz CT molecular complexity index is 575. The molecule has 0 amide bonds. The molecule has 0 aromatic carbocycles. The van der Waals surface area contributed by atoms with Crippen LogP contribution in [0.15, 0.2) is 6.20 Å². The molecule has 1 N–H and O–H groups in total. The Kier molecular flexibility index (Phi) is 5.28. The number of anilines is 1. The van der Waals surface area contributed by atoms with Crippen molar-refractivity contribution in [3.8, 4) is 0 Å². The van der Waals surface area contributed by atoms with Gasteiger partial charge in [0.25, 0.3) is 10.1 Å². The maximum atomic E-state index is 13.6. The molecule has 1 aromatic rings. The van der Waals surface area contributed by atoms with Gasteiger partial charge in [-0.05, 0) is 17.0 Å². The maximum absolute atomic E-state index is 13.6. The zero-order valence-corrected chi connectivity index (χ0v) is 13.2. The van der Waals surface area contributed by atoms with Gasteiger partial charge >= 0.3 is 0 Å². The highest BCUT2D eigenvalue weighted by Gasteiger charge is 2.27. The lowest BCUT2D eigenvalue weighted by atomic mass is 9.87. The van der Waals surface area contributed by atoms with Crippen LogP contribution in [0.5, 0.6) is 0 Å². The van der Waals surface area contributed by atoms with Gasteiger partial charge in [0.2, 0.25) is 5.28 Å². The van der Waals surface area contributed by atoms with Crippen molar-refractivity contribution < 1.29 is 17.0 Å². The van der Waals surface area contributed by atoms with Crippen LogP contribution in [0.2, 0.25) is 5.28 Å². The van der Waals surface area contributed by atoms with Crippen molar-refractivity contribution >= 4 is 27.5 Å². The summed E-state index contributed by atoms with van der Waals surface area (Å²) < 4.78 is 40.5. The monoisotopic (exact) mass is 325 g/mol. The van der Waals surface area contributed by atoms with E-state index in [1.54, 1.807) is 0 Å². The van der Waals surface area contributed by atoms with Crippen LogP contribution in [0.25, 0.3) is 0 Å². The van der Waals surface area contributed by atoms with Gasteiger partial charge in [-0.2, -0.15) is 13.4 Å². The first-order chi connectivity index (χ1) is 8.99. The molecule has 0 aliphatic heterocycles. The van der Waals surface area contributed by atoms with E-state index in [1.165, 1.54) is 0 Å². The Balaban J connectivity index is 2.93. The summed E-state index contributed by atoms with van der Waals surface area (Å²) in [5.74, 6) is -0.773. The third-order valence-corrected chi connectivity index (χ3v) is 3.27. The van der Waals surface area contributed by atoms with Gasteiger partial charge in [0.05, 0.1) is 25.1 Å². The van der Waals surface area contributed by atoms with Crippen molar-refractivity contribution in [1.29, 1.82) is 0 Å². The van der Waals surface area contributed by atoms with Gasteiger partial charge in [0.1, 0.15) is 0 Å². The molecule has 20 heavy (non-hydrogen) atoms. The van der Waals surface area contributed by atoms with E-state index in [0.29, 0.717) is 0 Å². The van der Waals surface area contributed by atoms with Crippen LogP contribution in [0.3, 0.4) is 0 Å². The molecule has 1 rings (SSSR count). The van der Waals surface area contributed by atoms with Crippen molar-refractivity contribution in [3.05, 3.63) is 17.3 Å². The molecule has 0 unspecified atom stereocenters. The molecular formula is C11H17ClFN3O3S. The minimum absolute atomic E-state index is 0.0953. The van der Waals surface area contributed by atoms with Gasteiger partial charge in [-0.3, -0.25) is 4.18 Å². The molecule has 0 aliphatic carbocycles. The van der Waals surface area contributed by atoms with Gasteiger partial charge < -0.3 is 5.32 Å². The summed E-state index contributed by atoms with van der Waals surface area (Å²) in [5.41, 5.74) is -0.394. The van der Waals surface area contributed by atoms with Crippen LogP contribution in [-0.4, -0.2) is 37.3 Å². The van der Waals surface area contributed by atoms with Crippen molar-refractivity contribution in [2.75, 3.05) is 18.2 Å². The molecule has 0 fully saturated rings. The van der Waals surface area contributed by atoms with E-state index < -0.39 is 27.4 Å². The third-order valence-electron chi connectivity index (χ3n) is 2.52. The normalized spacial score (nSPS) is 14.1. The van der Waals surface area contributed by atoms with Crippen LogP contribution in [0.1, 0.15) is 20.8 Å². The van der Waals surface area contributed by atoms with Gasteiger partial charge in [-0.1, -0.05) is 20.8 Å². The molecule has 1 aromatic heterocycles. The molecule has 114 valence electrons. The zero-order chi connectivity index (χ0) is 15.6. The molecule has 0 radical (unpaired) electrons. The molecule has 9 heteroatoms. The molecule has 6 nitrogen and oxygen atoms in total. The van der Waals surface area contributed by atoms with Gasteiger partial charge in [-0.15, -0.1) is 0 Å². The summed E-state index contributed by atoms with van der Waals surface area (Å²) in [6.45, 7) is 5.43. The fraction of sp³-hybridized carbons (Fsp3) is 0.636. The minimum Gasteiger partial charge on any atom is -0.362 e. The van der Waals surface area contributed by atoms with Crippen LogP contribution >= 0.6 is 11.6 Å². The third kappa shape index (κ3) is 5.56. The fourth-order valence-electron chi connectivity index (χ4n) is 1.31. The summed E-state index contributed by atoms with van der Waals surface area (Å²) >= 11 is 5.61. The smallest absolute Gasteiger partial charge is 0.264 e. The van der Waals surface area contributed by atoms with Crippen molar-refractivity contribution in [3.63, 3.8) is 0 Å². The minimum atomic E-state index is -3.58. The number of nitrogens with zero attached hydrogens (tertiary/aromatic N) is 2. The zero-order valence-electron chi connectivity index (χ0n) is 11.6. The molecule has 0 saturated heterocycles. The maximum Gasteiger partial charge on any atom is 0.264 e. The van der Waals surface area contributed by atoms with Gasteiger partial charge in [0, 0.05) is 0 Å². The number of halogens is 2. The van der Waals surface area contributed by atoms with Crippen molar-refractivity contribution in [2.45, 2.75) is 26.8 Å². The Morgan fingerprint density at radius 1 is 1.50 bits per heavy atom. The summed E-state index contributed by atoms with van der Waals surface area (Å²) in [6.07, 6.45) is 1.89. The van der Waals surface area contributed by atoms with Crippen LogP contribution < -0.4 is 5.32 Å². The first-order valence-corrected chi connectivity index (χ1v) is 7.97. The Hall–Kier alpha value is -0.990. The highest BCUT2D eigenvalue weighted by molar-refractivity contribution is 7.85. The average molecular weight is 326 g/mol. The van der Waals surface area contributed by atoms with E-state index in [0.717, 1.165) is 12.5 Å². The number of rotatable bonds is 5. The number of aromatic nitrogens is 2. The highest BCUT2D eigenvalue weighted by Crippen LogP contribution is 2.24. The summed E-state index contributed by atoms with van der Waals surface area (Å²) in [5, 5.41) is 2.69. The molecule has 0 spiro atoms. The fourth-order valence-corrected chi connectivity index (χ4v) is 1.83. The van der Waals surface area contributed by atoms with E-state index >= 15 is 0 Å². The highest BCUT2D eigenvalue weighted by atomic mass is 35.5. The quantitative estimate of drug-likeness (QED) is 0.659. The van der Waals surface area contributed by atoms with Gasteiger partial charge in [0.15, 0.2) is 11.6 Å². The Morgan fingerprint density at radius 2 is 2.10 bits per heavy atom. The molecule has 1 heterocycles. The predicted octanol–water partition coefficient (Wildman–Crippen LogP) is 2.07. The molecule has 0 bridgehead atoms. The number of hydrogen-bond donors (Lipinski definition) is 1. The summed E-state index contributed by atoms with van der Waals surface area (Å²) in [6, 6.07) is -0.488. The SMILES string of the molecule is CC(C)(C)[C@H](COS(C)(=O)=O)Nc1nc(Cl)ncc1F. The van der Waals surface area contributed by atoms with E-state index in [-0.39, 0.29) is 17.7 Å². The van der Waals surface area contributed by atoms with Crippen LogP contribution in [0, 0.1) is 11.2 Å². The van der Waals surface area contributed by atoms with E-state index in [1.807, 2.05) is 20.8 Å². The first kappa shape index (κ1) is 17.1. The van der Waals surface area contributed by atoms with Crippen LogP contribution in [-0.2, 0) is 14.3 Å². The second-order valence-electron chi connectivity index (χ2n) is 5.39. The molecular weight excluding hydrogens is 309 g/mol. The lowest BCUT2D eigenvalue weighted by molar-refractivity contribution is 0.224. The predicted molar refractivity (Wildman–Crippen MR) is 74.7 cm³/mol. The van der Waals surface area contributed by atoms with E-state index in [4.69, 9.17) is 15.8 Å². The summed E-state index contributed by atoms with van der Waals surface area (Å²) in [4.78, 5) is 7.24. The Morgan fingerprint density at radius 3 is 2.60 bits per heavy atom. The molecule has 0 saturated carbocycles. The van der Waals surface area contributed by atoms with Crippen molar-refractivity contribution in [1.82, 2.24) is 9.97 Å². The van der Waals surface area contributed by atoms with Crippen LogP contribution in [0.4, 0.5) is 10.2 Å². The molecule has 1 atom stereocenters. The first-order valence-electron chi connectivity index (χ1n) is 5.78. The van der Waals surface area contributed by atoms with E-state index in [9.17, 15) is 12.8 Å². The average Bonchev–Trinajstić information content (AvgIpc) is 2.25. The standard InChI is InChI=1S/C11H17ClFN3O3S/c1-11(2,3)8(6-19-20(4,17)18)15-9-7(13)5-14-10(12)16-9/h5,8H,6H2,1-4H3,(H,14,15,16)/t8-/m0/s1. The van der Waals surface area contributed by atoms with Crippen molar-refractivity contribution in [2.24, 2.45) is 5.41 Å². The number of nitrogens with one attached hydrogen (secondary N) is 1. The lowest BCUT2D eigenvalue weighted by Crippen LogP contribution is -2.39. The largest absolute Gasteiger partial charge is 0.362 e.